The number of aromatic nitrogens is 3. The molecule has 7 heteroatoms. The van der Waals surface area contributed by atoms with E-state index in [1.165, 1.54) is 0 Å². The molecule has 0 saturated carbocycles. The van der Waals surface area contributed by atoms with E-state index in [-0.39, 0.29) is 18.4 Å². The minimum atomic E-state index is -0.0558. The number of benzene rings is 1. The standard InChI is InChI=1S/C26H33N5O2/c1-18-8-10-22(11-9-18)30(17-26(33)29-14-6-5-7-15-29)25(32)13-12-23-20(3)27-24-16-19(2)28-31(24)21(23)4/h8-11,16H,5-7,12-15,17H2,1-4H3. The Balaban J connectivity index is 1.54. The van der Waals surface area contributed by atoms with Gasteiger partial charge in [0.05, 0.1) is 5.69 Å². The van der Waals surface area contributed by atoms with Crippen molar-refractivity contribution in [3.8, 4) is 0 Å². The van der Waals surface area contributed by atoms with Crippen molar-refractivity contribution in [2.24, 2.45) is 0 Å². The first-order chi connectivity index (χ1) is 15.8. The molecule has 1 aromatic carbocycles. The van der Waals surface area contributed by atoms with E-state index in [4.69, 9.17) is 0 Å². The molecule has 4 rings (SSSR count). The molecule has 1 aliphatic heterocycles. The number of aryl methyl sites for hydroxylation is 4. The number of hydrogen-bond acceptors (Lipinski definition) is 4. The molecule has 0 atom stereocenters. The molecule has 7 nitrogen and oxygen atoms in total. The van der Waals surface area contributed by atoms with Crippen LogP contribution in [0.1, 0.15) is 53.9 Å². The van der Waals surface area contributed by atoms with Crippen LogP contribution in [0.4, 0.5) is 5.69 Å². The van der Waals surface area contributed by atoms with Crippen LogP contribution in [-0.4, -0.2) is 50.9 Å². The molecular weight excluding hydrogens is 414 g/mol. The summed E-state index contributed by atoms with van der Waals surface area (Å²) in [6, 6.07) is 9.77. The van der Waals surface area contributed by atoms with E-state index in [1.54, 1.807) is 4.90 Å². The average molecular weight is 448 g/mol. The van der Waals surface area contributed by atoms with Crippen LogP contribution < -0.4 is 4.90 Å². The Bertz CT molecular complexity index is 1160. The molecule has 0 bridgehead atoms. The molecule has 2 aromatic heterocycles. The molecule has 0 unspecified atom stereocenters. The minimum Gasteiger partial charge on any atom is -0.341 e. The molecular formula is C26H33N5O2. The number of anilines is 1. The molecule has 0 radical (unpaired) electrons. The van der Waals surface area contributed by atoms with Gasteiger partial charge in [0.15, 0.2) is 5.65 Å². The Morgan fingerprint density at radius 1 is 1.00 bits per heavy atom. The lowest BCUT2D eigenvalue weighted by Gasteiger charge is -2.30. The van der Waals surface area contributed by atoms with E-state index in [0.717, 1.165) is 71.9 Å². The van der Waals surface area contributed by atoms with Crippen molar-refractivity contribution in [1.82, 2.24) is 19.5 Å². The van der Waals surface area contributed by atoms with Gasteiger partial charge in [0.2, 0.25) is 11.8 Å². The first kappa shape index (κ1) is 23.0. The summed E-state index contributed by atoms with van der Waals surface area (Å²) in [5.74, 6) is -0.0363. The summed E-state index contributed by atoms with van der Waals surface area (Å²) in [7, 11) is 0. The van der Waals surface area contributed by atoms with Crippen LogP contribution in [0.15, 0.2) is 30.3 Å². The van der Waals surface area contributed by atoms with Crippen LogP contribution >= 0.6 is 0 Å². The number of carbonyl (C=O) groups is 2. The van der Waals surface area contributed by atoms with Crippen molar-refractivity contribution in [2.45, 2.75) is 59.8 Å². The number of hydrogen-bond donors (Lipinski definition) is 0. The predicted molar refractivity (Wildman–Crippen MR) is 129 cm³/mol. The zero-order valence-electron chi connectivity index (χ0n) is 20.1. The van der Waals surface area contributed by atoms with E-state index in [1.807, 2.05) is 67.4 Å². The van der Waals surface area contributed by atoms with Crippen LogP contribution in [0.3, 0.4) is 0 Å². The fraction of sp³-hybridized carbons (Fsp3) is 0.462. The van der Waals surface area contributed by atoms with E-state index in [2.05, 4.69) is 10.1 Å². The third-order valence-electron chi connectivity index (χ3n) is 6.52. The lowest BCUT2D eigenvalue weighted by atomic mass is 10.1. The zero-order chi connectivity index (χ0) is 23.5. The summed E-state index contributed by atoms with van der Waals surface area (Å²) in [4.78, 5) is 34.6. The Hall–Kier alpha value is -3.22. The summed E-state index contributed by atoms with van der Waals surface area (Å²) in [6.45, 7) is 9.60. The van der Waals surface area contributed by atoms with E-state index >= 15 is 0 Å². The molecule has 174 valence electrons. The molecule has 33 heavy (non-hydrogen) atoms. The van der Waals surface area contributed by atoms with Crippen molar-refractivity contribution >= 4 is 23.1 Å². The topological polar surface area (TPSA) is 70.8 Å². The maximum Gasteiger partial charge on any atom is 0.242 e. The zero-order valence-corrected chi connectivity index (χ0v) is 20.1. The molecule has 1 fully saturated rings. The molecule has 1 saturated heterocycles. The SMILES string of the molecule is Cc1ccc(N(CC(=O)N2CCCCC2)C(=O)CCc2c(C)nc3cc(C)nn3c2C)cc1. The molecule has 0 spiro atoms. The highest BCUT2D eigenvalue weighted by Crippen LogP contribution is 2.21. The largest absolute Gasteiger partial charge is 0.341 e. The van der Waals surface area contributed by atoms with Gasteiger partial charge in [0, 0.05) is 42.7 Å². The fourth-order valence-electron chi connectivity index (χ4n) is 4.60. The highest BCUT2D eigenvalue weighted by Gasteiger charge is 2.24. The van der Waals surface area contributed by atoms with Crippen LogP contribution in [-0.2, 0) is 16.0 Å². The van der Waals surface area contributed by atoms with Gasteiger partial charge in [-0.15, -0.1) is 0 Å². The normalized spacial score (nSPS) is 14.0. The number of likely N-dealkylation sites (tertiary alicyclic amines) is 1. The van der Waals surface area contributed by atoms with Crippen molar-refractivity contribution in [1.29, 1.82) is 0 Å². The summed E-state index contributed by atoms with van der Waals surface area (Å²) in [5, 5.41) is 4.53. The summed E-state index contributed by atoms with van der Waals surface area (Å²) in [5.41, 5.74) is 6.58. The van der Waals surface area contributed by atoms with Crippen LogP contribution in [0.25, 0.3) is 5.65 Å². The fourth-order valence-corrected chi connectivity index (χ4v) is 4.60. The first-order valence-electron chi connectivity index (χ1n) is 11.8. The summed E-state index contributed by atoms with van der Waals surface area (Å²) < 4.78 is 1.85. The lowest BCUT2D eigenvalue weighted by molar-refractivity contribution is -0.132. The average Bonchev–Trinajstić information content (AvgIpc) is 3.18. The molecule has 2 amide bonds. The summed E-state index contributed by atoms with van der Waals surface area (Å²) in [6.07, 6.45) is 4.09. The highest BCUT2D eigenvalue weighted by atomic mass is 16.2. The van der Waals surface area contributed by atoms with Gasteiger partial charge in [-0.1, -0.05) is 17.7 Å². The van der Waals surface area contributed by atoms with Crippen LogP contribution in [0.2, 0.25) is 0 Å². The first-order valence-corrected chi connectivity index (χ1v) is 11.8. The maximum absolute atomic E-state index is 13.4. The number of rotatable bonds is 6. The number of carbonyl (C=O) groups excluding carboxylic acids is 2. The second-order valence-corrected chi connectivity index (χ2v) is 9.07. The third kappa shape index (κ3) is 5.07. The highest BCUT2D eigenvalue weighted by molar-refractivity contribution is 5.98. The van der Waals surface area contributed by atoms with Gasteiger partial charge in [-0.25, -0.2) is 9.50 Å². The molecule has 3 heterocycles. The Labute approximate surface area is 195 Å². The third-order valence-corrected chi connectivity index (χ3v) is 6.52. The smallest absolute Gasteiger partial charge is 0.242 e. The minimum absolute atomic E-state index is 0.0195. The van der Waals surface area contributed by atoms with Crippen molar-refractivity contribution in [3.05, 3.63) is 58.5 Å². The van der Waals surface area contributed by atoms with Gasteiger partial charge in [-0.3, -0.25) is 9.59 Å². The Morgan fingerprint density at radius 2 is 1.70 bits per heavy atom. The van der Waals surface area contributed by atoms with Gasteiger partial charge >= 0.3 is 0 Å². The number of nitrogens with zero attached hydrogens (tertiary/aromatic N) is 5. The van der Waals surface area contributed by atoms with Gasteiger partial charge in [-0.2, -0.15) is 5.10 Å². The number of fused-ring (bicyclic) bond motifs is 1. The molecule has 3 aromatic rings. The van der Waals surface area contributed by atoms with Crippen LogP contribution in [0.5, 0.6) is 0 Å². The van der Waals surface area contributed by atoms with Crippen molar-refractivity contribution in [3.63, 3.8) is 0 Å². The van der Waals surface area contributed by atoms with Gasteiger partial charge in [0.25, 0.3) is 0 Å². The van der Waals surface area contributed by atoms with E-state index in [0.29, 0.717) is 12.8 Å². The molecule has 0 N–H and O–H groups in total. The van der Waals surface area contributed by atoms with Gasteiger partial charge in [0.1, 0.15) is 6.54 Å². The van der Waals surface area contributed by atoms with Crippen LogP contribution in [0, 0.1) is 27.7 Å². The van der Waals surface area contributed by atoms with E-state index < -0.39 is 0 Å². The Kier molecular flexibility index (Phi) is 6.77. The van der Waals surface area contributed by atoms with Crippen molar-refractivity contribution < 1.29 is 9.59 Å². The molecule has 0 aliphatic carbocycles. The monoisotopic (exact) mass is 447 g/mol. The predicted octanol–water partition coefficient (Wildman–Crippen LogP) is 3.94. The van der Waals surface area contributed by atoms with Gasteiger partial charge in [-0.05, 0) is 71.1 Å². The molecule has 1 aliphatic rings. The second kappa shape index (κ2) is 9.73. The second-order valence-electron chi connectivity index (χ2n) is 9.07. The number of piperidine rings is 1. The summed E-state index contributed by atoms with van der Waals surface area (Å²) >= 11 is 0. The maximum atomic E-state index is 13.4. The van der Waals surface area contributed by atoms with E-state index in [9.17, 15) is 9.59 Å². The number of amides is 2. The van der Waals surface area contributed by atoms with Gasteiger partial charge < -0.3 is 9.80 Å². The van der Waals surface area contributed by atoms with Crippen molar-refractivity contribution in [2.75, 3.05) is 24.5 Å². The quantitative estimate of drug-likeness (QED) is 0.574. The lowest BCUT2D eigenvalue weighted by Crippen LogP contribution is -2.45. The Morgan fingerprint density at radius 3 is 2.39 bits per heavy atom.